The number of halogens is 2. The molecule has 0 atom stereocenters. The summed E-state index contributed by atoms with van der Waals surface area (Å²) in [5, 5.41) is 0.898. The van der Waals surface area contributed by atoms with Crippen molar-refractivity contribution in [2.75, 3.05) is 13.1 Å². The monoisotopic (exact) mass is 444 g/mol. The van der Waals surface area contributed by atoms with Gasteiger partial charge < -0.3 is 4.57 Å². The van der Waals surface area contributed by atoms with Crippen LogP contribution in [0.3, 0.4) is 0 Å². The highest BCUT2D eigenvalue weighted by atomic mass is 19.1. The number of rotatable bonds is 6. The first-order valence-electron chi connectivity index (χ1n) is 11.4. The number of hydrogen-bond acceptors (Lipinski definition) is 2. The van der Waals surface area contributed by atoms with Gasteiger partial charge in [-0.2, -0.15) is 0 Å². The second-order valence-electron chi connectivity index (χ2n) is 8.82. The Hall–Kier alpha value is -3.31. The van der Waals surface area contributed by atoms with Crippen molar-refractivity contribution in [3.8, 4) is 5.69 Å². The van der Waals surface area contributed by atoms with Gasteiger partial charge in [0.1, 0.15) is 11.6 Å². The highest BCUT2D eigenvalue weighted by molar-refractivity contribution is 5.96. The van der Waals surface area contributed by atoms with Gasteiger partial charge in [0.15, 0.2) is 5.78 Å². The summed E-state index contributed by atoms with van der Waals surface area (Å²) in [6.07, 6.45) is 2.11. The lowest BCUT2D eigenvalue weighted by Crippen LogP contribution is -2.32. The summed E-state index contributed by atoms with van der Waals surface area (Å²) in [5.74, 6) is -0.369. The lowest BCUT2D eigenvalue weighted by molar-refractivity contribution is 0.0973. The highest BCUT2D eigenvalue weighted by Gasteiger charge is 2.25. The number of carbonyl (C=O) groups excluding carboxylic acids is 1. The molecule has 0 spiro atoms. The van der Waals surface area contributed by atoms with Crippen molar-refractivity contribution in [1.29, 1.82) is 0 Å². The number of Topliss-reactive ketones (excluding diaryl/α,β-unsaturated/α-hetero) is 1. The molecule has 2 heterocycles. The van der Waals surface area contributed by atoms with E-state index in [0.717, 1.165) is 64.9 Å². The minimum Gasteiger partial charge on any atom is -0.313 e. The Bertz CT molecular complexity index is 1310. The Kier molecular flexibility index (Phi) is 5.81. The number of fused-ring (bicyclic) bond motifs is 3. The zero-order valence-electron chi connectivity index (χ0n) is 18.7. The molecule has 1 aromatic heterocycles. The van der Waals surface area contributed by atoms with E-state index < -0.39 is 0 Å². The van der Waals surface area contributed by atoms with Gasteiger partial charge in [-0.25, -0.2) is 8.78 Å². The molecule has 0 unspecified atom stereocenters. The molecule has 0 saturated heterocycles. The van der Waals surface area contributed by atoms with Gasteiger partial charge in [-0.05, 0) is 67.9 Å². The van der Waals surface area contributed by atoms with Crippen molar-refractivity contribution in [3.05, 3.63) is 101 Å². The molecule has 168 valence electrons. The molecule has 1 aliphatic rings. The molecular formula is C28H26F2N2O. The molecule has 0 amide bonds. The fraction of sp³-hybridized carbons (Fsp3) is 0.250. The standard InChI is InChI=1S/C28H26F2N2O/c1-19-4-6-20(7-5-19)28(33)3-2-15-31-16-14-27-25(18-31)24-17-22(30)10-13-26(24)32(27)23-11-8-21(29)9-12-23/h4-13,17H,2-3,14-16,18H2,1H3. The molecule has 0 aliphatic carbocycles. The minimum absolute atomic E-state index is 0.169. The second kappa shape index (κ2) is 8.91. The summed E-state index contributed by atoms with van der Waals surface area (Å²) in [4.78, 5) is 14.8. The molecular weight excluding hydrogens is 418 g/mol. The van der Waals surface area contributed by atoms with E-state index in [4.69, 9.17) is 0 Å². The van der Waals surface area contributed by atoms with Crippen LogP contribution in [0.5, 0.6) is 0 Å². The molecule has 5 rings (SSSR count). The summed E-state index contributed by atoms with van der Waals surface area (Å²) in [7, 11) is 0. The quantitative estimate of drug-likeness (QED) is 0.329. The summed E-state index contributed by atoms with van der Waals surface area (Å²) in [6, 6.07) is 19.0. The normalized spacial score (nSPS) is 13.9. The predicted octanol–water partition coefficient (Wildman–Crippen LogP) is 6.24. The molecule has 3 aromatic carbocycles. The number of aromatic nitrogens is 1. The van der Waals surface area contributed by atoms with Crippen LogP contribution in [-0.2, 0) is 13.0 Å². The van der Waals surface area contributed by atoms with Gasteiger partial charge >= 0.3 is 0 Å². The summed E-state index contributed by atoms with van der Waals surface area (Å²) >= 11 is 0. The summed E-state index contributed by atoms with van der Waals surface area (Å²) in [5.41, 5.74) is 5.99. The maximum Gasteiger partial charge on any atom is 0.162 e. The first-order valence-corrected chi connectivity index (χ1v) is 11.4. The highest BCUT2D eigenvalue weighted by Crippen LogP contribution is 2.34. The first kappa shape index (κ1) is 21.5. The fourth-order valence-corrected chi connectivity index (χ4v) is 4.81. The molecule has 5 heteroatoms. The van der Waals surface area contributed by atoms with Crippen LogP contribution in [0.2, 0.25) is 0 Å². The lowest BCUT2D eigenvalue weighted by atomic mass is 10.0. The smallest absolute Gasteiger partial charge is 0.162 e. The van der Waals surface area contributed by atoms with E-state index in [9.17, 15) is 13.6 Å². The Morgan fingerprint density at radius 3 is 2.42 bits per heavy atom. The van der Waals surface area contributed by atoms with Crippen LogP contribution in [-0.4, -0.2) is 28.3 Å². The van der Waals surface area contributed by atoms with Crippen molar-refractivity contribution >= 4 is 16.7 Å². The van der Waals surface area contributed by atoms with Crippen molar-refractivity contribution in [1.82, 2.24) is 9.47 Å². The van der Waals surface area contributed by atoms with Gasteiger partial charge in [0, 0.05) is 48.3 Å². The van der Waals surface area contributed by atoms with Crippen LogP contribution in [0.25, 0.3) is 16.6 Å². The first-order chi connectivity index (χ1) is 16.0. The number of hydrogen-bond donors (Lipinski definition) is 0. The largest absolute Gasteiger partial charge is 0.313 e. The zero-order valence-corrected chi connectivity index (χ0v) is 18.7. The molecule has 4 aromatic rings. The van der Waals surface area contributed by atoms with Crippen LogP contribution < -0.4 is 0 Å². The fourth-order valence-electron chi connectivity index (χ4n) is 4.81. The molecule has 3 nitrogen and oxygen atoms in total. The SMILES string of the molecule is Cc1ccc(C(=O)CCCN2CCc3c(c4cc(F)ccc4n3-c3ccc(F)cc3)C2)cc1. The number of carbonyl (C=O) groups is 1. The third-order valence-corrected chi connectivity index (χ3v) is 6.53. The van der Waals surface area contributed by atoms with E-state index in [1.54, 1.807) is 24.3 Å². The molecule has 0 bridgehead atoms. The van der Waals surface area contributed by atoms with E-state index in [-0.39, 0.29) is 17.4 Å². The molecule has 0 fully saturated rings. The zero-order chi connectivity index (χ0) is 22.9. The average molecular weight is 445 g/mol. The van der Waals surface area contributed by atoms with Crippen LogP contribution in [0, 0.1) is 18.6 Å². The third-order valence-electron chi connectivity index (χ3n) is 6.53. The van der Waals surface area contributed by atoms with Crippen LogP contribution in [0.1, 0.15) is 40.0 Å². The Labute approximate surface area is 192 Å². The van der Waals surface area contributed by atoms with E-state index in [1.807, 2.05) is 31.2 Å². The second-order valence-corrected chi connectivity index (χ2v) is 8.82. The van der Waals surface area contributed by atoms with Crippen LogP contribution in [0.4, 0.5) is 8.78 Å². The predicted molar refractivity (Wildman–Crippen MR) is 127 cm³/mol. The molecule has 33 heavy (non-hydrogen) atoms. The number of benzene rings is 3. The third kappa shape index (κ3) is 4.33. The Morgan fingerprint density at radius 2 is 1.67 bits per heavy atom. The number of ketones is 1. The van der Waals surface area contributed by atoms with Crippen molar-refractivity contribution in [2.24, 2.45) is 0 Å². The van der Waals surface area contributed by atoms with Gasteiger partial charge in [-0.1, -0.05) is 29.8 Å². The molecule has 0 N–H and O–H groups in total. The van der Waals surface area contributed by atoms with E-state index in [0.29, 0.717) is 13.0 Å². The summed E-state index contributed by atoms with van der Waals surface area (Å²) in [6.45, 7) is 4.40. The van der Waals surface area contributed by atoms with Gasteiger partial charge in [-0.3, -0.25) is 9.69 Å². The Morgan fingerprint density at radius 1 is 0.939 bits per heavy atom. The maximum atomic E-state index is 14.1. The Balaban J connectivity index is 1.35. The minimum atomic E-state index is -0.276. The summed E-state index contributed by atoms with van der Waals surface area (Å²) < 4.78 is 29.8. The van der Waals surface area contributed by atoms with Crippen LogP contribution in [0.15, 0.2) is 66.7 Å². The van der Waals surface area contributed by atoms with Gasteiger partial charge in [0.25, 0.3) is 0 Å². The van der Waals surface area contributed by atoms with Gasteiger partial charge in [-0.15, -0.1) is 0 Å². The van der Waals surface area contributed by atoms with Crippen LogP contribution >= 0.6 is 0 Å². The van der Waals surface area contributed by atoms with Gasteiger partial charge in [0.05, 0.1) is 5.52 Å². The van der Waals surface area contributed by atoms with Gasteiger partial charge in [0.2, 0.25) is 0 Å². The van der Waals surface area contributed by atoms with E-state index in [2.05, 4.69) is 9.47 Å². The topological polar surface area (TPSA) is 25.2 Å². The lowest BCUT2D eigenvalue weighted by Gasteiger charge is -2.28. The molecule has 0 saturated carbocycles. The molecule has 0 radical (unpaired) electrons. The van der Waals surface area contributed by atoms with E-state index >= 15 is 0 Å². The number of nitrogens with zero attached hydrogens (tertiary/aromatic N) is 2. The maximum absolute atomic E-state index is 14.1. The average Bonchev–Trinajstić information content (AvgIpc) is 3.13. The van der Waals surface area contributed by atoms with Crippen molar-refractivity contribution in [2.45, 2.75) is 32.7 Å². The van der Waals surface area contributed by atoms with Crippen molar-refractivity contribution in [3.63, 3.8) is 0 Å². The van der Waals surface area contributed by atoms with Crippen molar-refractivity contribution < 1.29 is 13.6 Å². The number of aryl methyl sites for hydroxylation is 1. The molecule has 1 aliphatic heterocycles. The van der Waals surface area contributed by atoms with E-state index in [1.165, 1.54) is 18.2 Å².